The van der Waals surface area contributed by atoms with E-state index in [1.807, 2.05) is 30.6 Å². The van der Waals surface area contributed by atoms with Crippen LogP contribution < -0.4 is 0 Å². The van der Waals surface area contributed by atoms with Gasteiger partial charge in [0.25, 0.3) is 5.91 Å². The second-order valence-corrected chi connectivity index (χ2v) is 5.70. The molecule has 0 atom stereocenters. The summed E-state index contributed by atoms with van der Waals surface area (Å²) in [6.45, 7) is 0.702. The van der Waals surface area contributed by atoms with Crippen molar-refractivity contribution < 1.29 is 4.79 Å². The zero-order valence-electron chi connectivity index (χ0n) is 9.97. The van der Waals surface area contributed by atoms with Crippen LogP contribution in [0.4, 0.5) is 0 Å². The topological polar surface area (TPSA) is 33.2 Å². The molecule has 0 N–H and O–H groups in total. The highest BCUT2D eigenvalue weighted by atomic mass is 79.9. The van der Waals surface area contributed by atoms with E-state index in [9.17, 15) is 4.79 Å². The minimum Gasteiger partial charge on any atom is -0.341 e. The molecule has 0 bridgehead atoms. The summed E-state index contributed by atoms with van der Waals surface area (Å²) in [7, 11) is 1.83. The highest BCUT2D eigenvalue weighted by Crippen LogP contribution is 2.23. The number of hydrogen-bond acceptors (Lipinski definition) is 3. The van der Waals surface area contributed by atoms with E-state index in [4.69, 9.17) is 0 Å². The number of hydrogen-bond donors (Lipinski definition) is 0. The molecule has 0 saturated carbocycles. The fourth-order valence-corrected chi connectivity index (χ4v) is 3.10. The molecule has 3 nitrogen and oxygen atoms in total. The second-order valence-electron chi connectivity index (χ2n) is 3.93. The number of thiophene rings is 1. The van der Waals surface area contributed by atoms with Crippen LogP contribution in [-0.4, -0.2) is 29.4 Å². The molecular formula is C13H13BrN2OS. The largest absolute Gasteiger partial charge is 0.341 e. The van der Waals surface area contributed by atoms with Gasteiger partial charge < -0.3 is 4.90 Å². The Morgan fingerprint density at radius 3 is 2.72 bits per heavy atom. The molecule has 0 spiro atoms. The molecule has 0 aromatic carbocycles. The molecule has 0 unspecified atom stereocenters. The van der Waals surface area contributed by atoms with Crippen LogP contribution in [0, 0.1) is 0 Å². The van der Waals surface area contributed by atoms with Crippen LogP contribution in [0.2, 0.25) is 0 Å². The Morgan fingerprint density at radius 2 is 2.11 bits per heavy atom. The van der Waals surface area contributed by atoms with Gasteiger partial charge in [-0.15, -0.1) is 11.3 Å². The Kier molecular flexibility index (Phi) is 4.49. The van der Waals surface area contributed by atoms with Crippen molar-refractivity contribution in [1.82, 2.24) is 9.88 Å². The lowest BCUT2D eigenvalue weighted by Crippen LogP contribution is -2.28. The molecule has 94 valence electrons. The van der Waals surface area contributed by atoms with Gasteiger partial charge in [0.2, 0.25) is 0 Å². The third-order valence-corrected chi connectivity index (χ3v) is 4.47. The monoisotopic (exact) mass is 324 g/mol. The summed E-state index contributed by atoms with van der Waals surface area (Å²) in [6, 6.07) is 5.84. The molecule has 0 radical (unpaired) electrons. The second kappa shape index (κ2) is 6.11. The van der Waals surface area contributed by atoms with Crippen molar-refractivity contribution in [3.8, 4) is 0 Å². The van der Waals surface area contributed by atoms with Crippen LogP contribution in [0.1, 0.15) is 15.2 Å². The van der Waals surface area contributed by atoms with Crippen LogP contribution in [0.25, 0.3) is 0 Å². The van der Waals surface area contributed by atoms with Gasteiger partial charge in [-0.2, -0.15) is 0 Å². The number of pyridine rings is 1. The van der Waals surface area contributed by atoms with Gasteiger partial charge in [-0.25, -0.2) is 0 Å². The van der Waals surface area contributed by atoms with Gasteiger partial charge in [0.05, 0.1) is 0 Å². The maximum Gasteiger partial charge on any atom is 0.264 e. The smallest absolute Gasteiger partial charge is 0.264 e. The number of carbonyl (C=O) groups is 1. The van der Waals surface area contributed by atoms with E-state index in [1.165, 1.54) is 16.9 Å². The lowest BCUT2D eigenvalue weighted by molar-refractivity contribution is 0.0800. The minimum atomic E-state index is 0.0610. The average molecular weight is 325 g/mol. The van der Waals surface area contributed by atoms with Gasteiger partial charge in [-0.3, -0.25) is 9.78 Å². The number of amides is 1. The zero-order chi connectivity index (χ0) is 13.0. The molecule has 2 rings (SSSR count). The summed E-state index contributed by atoms with van der Waals surface area (Å²) in [6.07, 6.45) is 4.38. The van der Waals surface area contributed by atoms with Crippen molar-refractivity contribution in [2.24, 2.45) is 0 Å². The quantitative estimate of drug-likeness (QED) is 0.865. The summed E-state index contributed by atoms with van der Waals surface area (Å²) < 4.78 is 0.869. The van der Waals surface area contributed by atoms with E-state index in [1.54, 1.807) is 17.3 Å². The van der Waals surface area contributed by atoms with Crippen molar-refractivity contribution in [2.75, 3.05) is 13.6 Å². The summed E-state index contributed by atoms with van der Waals surface area (Å²) >= 11 is 4.85. The van der Waals surface area contributed by atoms with Crippen LogP contribution in [0.15, 0.2) is 40.4 Å². The number of rotatable bonds is 4. The Bertz CT molecular complexity index is 527. The lowest BCUT2D eigenvalue weighted by Gasteiger charge is -2.16. The molecule has 18 heavy (non-hydrogen) atoms. The van der Waals surface area contributed by atoms with Gasteiger partial charge >= 0.3 is 0 Å². The highest BCUT2D eigenvalue weighted by molar-refractivity contribution is 9.10. The third-order valence-electron chi connectivity index (χ3n) is 2.64. The number of halogens is 1. The third kappa shape index (κ3) is 3.17. The first-order chi connectivity index (χ1) is 8.68. The van der Waals surface area contributed by atoms with Crippen LogP contribution in [-0.2, 0) is 6.42 Å². The Labute approximate surface area is 119 Å². The predicted octanol–water partition coefficient (Wildman–Crippen LogP) is 3.22. The molecule has 0 saturated heterocycles. The zero-order valence-corrected chi connectivity index (χ0v) is 12.4. The Balaban J connectivity index is 1.95. The fraction of sp³-hybridized carbons (Fsp3) is 0.231. The van der Waals surface area contributed by atoms with Crippen molar-refractivity contribution in [3.05, 3.63) is 50.9 Å². The van der Waals surface area contributed by atoms with Gasteiger partial charge in [0, 0.05) is 30.5 Å². The first-order valence-corrected chi connectivity index (χ1v) is 7.23. The summed E-state index contributed by atoms with van der Waals surface area (Å²) in [5.74, 6) is 0.0610. The molecule has 0 aliphatic rings. The number of likely N-dealkylation sites (N-methyl/N-ethyl adjacent to an activating group) is 1. The van der Waals surface area contributed by atoms with Gasteiger partial charge in [0.15, 0.2) is 0 Å². The Morgan fingerprint density at radius 1 is 1.39 bits per heavy atom. The molecule has 2 aromatic rings. The molecule has 2 heterocycles. The SMILES string of the molecule is CN(CCc1ccncc1)C(=O)c1sccc1Br. The Hall–Kier alpha value is -1.20. The summed E-state index contributed by atoms with van der Waals surface area (Å²) in [5, 5.41) is 1.91. The van der Waals surface area contributed by atoms with E-state index < -0.39 is 0 Å². The van der Waals surface area contributed by atoms with E-state index >= 15 is 0 Å². The van der Waals surface area contributed by atoms with Crippen LogP contribution in [0.5, 0.6) is 0 Å². The van der Waals surface area contributed by atoms with E-state index in [0.29, 0.717) is 6.54 Å². The van der Waals surface area contributed by atoms with Crippen molar-refractivity contribution in [2.45, 2.75) is 6.42 Å². The van der Waals surface area contributed by atoms with Gasteiger partial charge in [0.1, 0.15) is 4.88 Å². The number of nitrogens with zero attached hydrogens (tertiary/aromatic N) is 2. The first kappa shape index (κ1) is 13.2. The minimum absolute atomic E-state index is 0.0610. The van der Waals surface area contributed by atoms with Crippen molar-refractivity contribution in [1.29, 1.82) is 0 Å². The molecule has 0 aliphatic heterocycles. The highest BCUT2D eigenvalue weighted by Gasteiger charge is 2.15. The van der Waals surface area contributed by atoms with Crippen molar-refractivity contribution >= 4 is 33.2 Å². The summed E-state index contributed by atoms with van der Waals surface area (Å²) in [4.78, 5) is 18.6. The molecule has 1 amide bonds. The van der Waals surface area contributed by atoms with E-state index in [0.717, 1.165) is 15.8 Å². The normalized spacial score (nSPS) is 10.3. The predicted molar refractivity (Wildman–Crippen MR) is 76.9 cm³/mol. The summed E-state index contributed by atoms with van der Waals surface area (Å²) in [5.41, 5.74) is 1.19. The lowest BCUT2D eigenvalue weighted by atomic mass is 10.2. The molecule has 0 aliphatic carbocycles. The molecule has 2 aromatic heterocycles. The molecule has 0 fully saturated rings. The van der Waals surface area contributed by atoms with Gasteiger partial charge in [-0.1, -0.05) is 0 Å². The number of carbonyl (C=O) groups excluding carboxylic acids is 1. The van der Waals surface area contributed by atoms with Crippen LogP contribution in [0.3, 0.4) is 0 Å². The molecule has 5 heteroatoms. The standard InChI is InChI=1S/C13H13BrN2OS/c1-16(8-4-10-2-6-15-7-3-10)13(17)12-11(14)5-9-18-12/h2-3,5-7,9H,4,8H2,1H3. The fourth-order valence-electron chi connectivity index (χ4n) is 1.57. The molecular weight excluding hydrogens is 312 g/mol. The van der Waals surface area contributed by atoms with E-state index in [-0.39, 0.29) is 5.91 Å². The van der Waals surface area contributed by atoms with E-state index in [2.05, 4.69) is 20.9 Å². The average Bonchev–Trinajstić information content (AvgIpc) is 2.82. The maximum absolute atomic E-state index is 12.1. The van der Waals surface area contributed by atoms with Crippen molar-refractivity contribution in [3.63, 3.8) is 0 Å². The first-order valence-electron chi connectivity index (χ1n) is 5.56. The number of aromatic nitrogens is 1. The van der Waals surface area contributed by atoms with Gasteiger partial charge in [-0.05, 0) is 51.5 Å². The maximum atomic E-state index is 12.1. The van der Waals surface area contributed by atoms with Crippen LogP contribution >= 0.6 is 27.3 Å².